The second-order valence-electron chi connectivity index (χ2n) is 0.537. The van der Waals surface area contributed by atoms with Crippen molar-refractivity contribution in [2.24, 2.45) is 0 Å². The zero-order valence-corrected chi connectivity index (χ0v) is 6.21. The Morgan fingerprint density at radius 1 is 1.38 bits per heavy atom. The molecule has 0 aliphatic heterocycles. The van der Waals surface area contributed by atoms with E-state index >= 15 is 0 Å². The van der Waals surface area contributed by atoms with Crippen LogP contribution in [0.5, 0.6) is 0 Å². The summed E-state index contributed by atoms with van der Waals surface area (Å²) in [5.41, 5.74) is 0. The van der Waals surface area contributed by atoms with Crippen LogP contribution in [0.1, 0.15) is 0 Å². The van der Waals surface area contributed by atoms with E-state index in [-0.39, 0.29) is 0 Å². The van der Waals surface area contributed by atoms with Crippen molar-refractivity contribution in [1.82, 2.24) is 0 Å². The van der Waals surface area contributed by atoms with E-state index in [0.29, 0.717) is 0 Å². The van der Waals surface area contributed by atoms with Gasteiger partial charge in [-0.2, -0.15) is 8.42 Å². The van der Waals surface area contributed by atoms with Crippen molar-refractivity contribution in [3.8, 4) is 0 Å². The Kier molecular flexibility index (Phi) is 7.95. The minimum atomic E-state index is -4.67. The second kappa shape index (κ2) is 5.63. The Labute approximate surface area is 56.4 Å². The molecule has 0 spiro atoms. The van der Waals surface area contributed by atoms with Crippen molar-refractivity contribution in [3.63, 3.8) is 0 Å². The van der Waals surface area contributed by atoms with Crippen molar-refractivity contribution in [3.05, 3.63) is 0 Å². The number of rotatable bonds is 0. The molecule has 0 aromatic carbocycles. The van der Waals surface area contributed by atoms with E-state index in [2.05, 4.69) is 10.0 Å². The first-order valence-corrected chi connectivity index (χ1v) is 4.77. The molecule has 48 valence electrons. The van der Waals surface area contributed by atoms with Crippen molar-refractivity contribution >= 4 is 34.7 Å². The molecule has 0 aromatic rings. The van der Waals surface area contributed by atoms with Gasteiger partial charge in [-0.05, 0) is 0 Å². The maximum atomic E-state index is 8.78. The summed E-state index contributed by atoms with van der Waals surface area (Å²) in [6.45, 7) is 0. The molecule has 2 N–H and O–H groups in total. The molecule has 0 fully saturated rings. The van der Waals surface area contributed by atoms with Gasteiger partial charge in [0, 0.05) is 0 Å². The van der Waals surface area contributed by atoms with Crippen molar-refractivity contribution in [2.45, 2.75) is 0 Å². The summed E-state index contributed by atoms with van der Waals surface area (Å²) in [6.07, 6.45) is 0. The summed E-state index contributed by atoms with van der Waals surface area (Å²) in [4.78, 5) is 0. The van der Waals surface area contributed by atoms with Crippen LogP contribution in [-0.4, -0.2) is 31.8 Å². The van der Waals surface area contributed by atoms with Crippen LogP contribution in [0.15, 0.2) is 0 Å². The van der Waals surface area contributed by atoms with E-state index in [1.807, 2.05) is 0 Å². The Balaban J connectivity index is 0. The topological polar surface area (TPSA) is 91.7 Å². The Morgan fingerprint density at radius 2 is 1.38 bits per heavy atom. The molecule has 0 bridgehead atoms. The second-order valence-corrected chi connectivity index (χ2v) is 2.15. The van der Waals surface area contributed by atoms with Crippen LogP contribution in [0, 0.1) is 0 Å². The molecule has 0 aliphatic rings. The van der Waals surface area contributed by atoms with Crippen LogP contribution in [-0.2, 0) is 14.2 Å². The average molecular weight is 177 g/mol. The maximum absolute atomic E-state index is 8.78. The fraction of sp³-hybridized carbons (Fsp3) is 0. The Bertz CT molecular complexity index is 127. The third-order valence-corrected chi connectivity index (χ3v) is 0. The molecule has 0 saturated carbocycles. The van der Waals surface area contributed by atoms with Gasteiger partial charge >= 0.3 is 38.5 Å². The van der Waals surface area contributed by atoms with E-state index in [1.165, 1.54) is 0 Å². The molecule has 8 heteroatoms. The van der Waals surface area contributed by atoms with Crippen molar-refractivity contribution in [1.29, 1.82) is 0 Å². The molecule has 0 aliphatic carbocycles. The van der Waals surface area contributed by atoms with E-state index in [4.69, 9.17) is 21.3 Å². The monoisotopic (exact) mass is 176 g/mol. The fourth-order valence-corrected chi connectivity index (χ4v) is 0. The normalized spacial score (nSPS) is 8.38. The molecule has 0 saturated heterocycles. The third-order valence-electron chi connectivity index (χ3n) is 0. The van der Waals surface area contributed by atoms with Gasteiger partial charge in [0.15, 0.2) is 0 Å². The van der Waals surface area contributed by atoms with Crippen LogP contribution < -0.4 is 0 Å². The molecule has 0 unspecified atom stereocenters. The number of hydrogen-bond donors (Lipinski definition) is 2. The van der Waals surface area contributed by atoms with Crippen LogP contribution >= 0.6 is 10.0 Å². The molecule has 0 aromatic heterocycles. The molecule has 0 rings (SSSR count). The van der Waals surface area contributed by atoms with Crippen LogP contribution in [0.4, 0.5) is 0 Å². The predicted octanol–water partition coefficient (Wildman–Crippen LogP) is -0.463. The molecule has 0 radical (unpaired) electrons. The van der Waals surface area contributed by atoms with Gasteiger partial charge in [0.05, 0.1) is 0 Å². The minimum absolute atomic E-state index is 1.03. The summed E-state index contributed by atoms with van der Waals surface area (Å²) in [7, 11) is -0.140. The predicted molar refractivity (Wildman–Crippen MR) is 26.5 cm³/mol. The zero-order chi connectivity index (χ0) is 7.21. The van der Waals surface area contributed by atoms with Gasteiger partial charge < -0.3 is 0 Å². The zero-order valence-electron chi connectivity index (χ0n) is 3.48. The average Bonchev–Trinajstić information content (AvgIpc) is 1.27. The fourth-order valence-electron chi connectivity index (χ4n) is 0. The van der Waals surface area contributed by atoms with Crippen LogP contribution in [0.25, 0.3) is 0 Å². The van der Waals surface area contributed by atoms with Gasteiger partial charge in [0.2, 0.25) is 0 Å². The van der Waals surface area contributed by atoms with Gasteiger partial charge in [-0.3, -0.25) is 9.11 Å². The molecular formula is H2AlClO5S. The molecule has 0 atom stereocenters. The quantitative estimate of drug-likeness (QED) is 0.385. The number of hydrogen-bond acceptors (Lipinski definition) is 3. The molecule has 0 heterocycles. The van der Waals surface area contributed by atoms with Crippen molar-refractivity contribution in [2.75, 3.05) is 0 Å². The summed E-state index contributed by atoms with van der Waals surface area (Å²) >= 11 is -1.03. The van der Waals surface area contributed by atoms with Gasteiger partial charge in [0.1, 0.15) is 0 Å². The van der Waals surface area contributed by atoms with E-state index in [0.717, 1.165) is 0 Å². The molecular weight excluding hydrogens is 174 g/mol. The molecule has 8 heavy (non-hydrogen) atoms. The van der Waals surface area contributed by atoms with E-state index in [9.17, 15) is 0 Å². The third kappa shape index (κ3) is 808. The van der Waals surface area contributed by atoms with E-state index in [1.54, 1.807) is 0 Å². The summed E-state index contributed by atoms with van der Waals surface area (Å²) in [5, 5.41) is 0. The van der Waals surface area contributed by atoms with Crippen LogP contribution in [0.3, 0.4) is 0 Å². The molecule has 5 nitrogen and oxygen atoms in total. The SMILES string of the molecule is O=S(=O)(O)O.[O]=[Al][Cl]. The molecule has 0 amide bonds. The standard InChI is InChI=1S/Al.ClH.H2O4S.O/c;;1-5(2,3)4;/h;1H;(H2,1,2,3,4);/q+1;;;/p-1. The van der Waals surface area contributed by atoms with Crippen LogP contribution in [0.2, 0.25) is 0 Å². The Morgan fingerprint density at radius 3 is 1.38 bits per heavy atom. The summed E-state index contributed by atoms with van der Waals surface area (Å²) in [6, 6.07) is 0. The van der Waals surface area contributed by atoms with Gasteiger partial charge in [0.25, 0.3) is 0 Å². The summed E-state index contributed by atoms with van der Waals surface area (Å²) < 4.78 is 40.4. The van der Waals surface area contributed by atoms with Gasteiger partial charge in [-0.25, -0.2) is 0 Å². The van der Waals surface area contributed by atoms with Crippen molar-refractivity contribution < 1.29 is 21.3 Å². The Hall–Kier alpha value is 0.492. The first-order chi connectivity index (χ1) is 3.41. The van der Waals surface area contributed by atoms with Gasteiger partial charge in [-0.1, -0.05) is 0 Å². The number of halogens is 1. The first kappa shape index (κ1) is 11.3. The van der Waals surface area contributed by atoms with E-state index < -0.39 is 24.6 Å². The summed E-state index contributed by atoms with van der Waals surface area (Å²) in [5.74, 6) is 0. The first-order valence-electron chi connectivity index (χ1n) is 1.15. The van der Waals surface area contributed by atoms with Gasteiger partial charge in [-0.15, -0.1) is 0 Å².